The van der Waals surface area contributed by atoms with Crippen molar-refractivity contribution in [2.45, 2.75) is 6.92 Å². The lowest BCUT2D eigenvalue weighted by molar-refractivity contribution is 0.101. The Labute approximate surface area is 87.0 Å². The Balaban J connectivity index is 2.46. The van der Waals surface area contributed by atoms with E-state index >= 15 is 0 Å². The van der Waals surface area contributed by atoms with Gasteiger partial charge in [-0.3, -0.25) is 9.78 Å². The average Bonchev–Trinajstić information content (AvgIpc) is 2.30. The number of carbonyl (C=O) groups excluding carboxylic acids is 1. The minimum Gasteiger partial charge on any atom is -0.293 e. The van der Waals surface area contributed by atoms with Crippen molar-refractivity contribution >= 4 is 5.78 Å². The quantitative estimate of drug-likeness (QED) is 0.691. The monoisotopic (exact) mass is 199 g/mol. The largest absolute Gasteiger partial charge is 0.293 e. The number of rotatable bonds is 2. The third-order valence-electron chi connectivity index (χ3n) is 1.95. The number of pyridine rings is 1. The number of hydrogen-bond donors (Lipinski definition) is 0. The minimum atomic E-state index is -0.0623. The standard InChI is InChI=1S/C11H9N3O/c1-8(15)10-4-7-13-11(14-10)9-2-5-12-6-3-9/h2-7H,1H3. The lowest BCUT2D eigenvalue weighted by Crippen LogP contribution is -1.99. The third kappa shape index (κ3) is 2.04. The molecular formula is C11H9N3O. The van der Waals surface area contributed by atoms with Crippen LogP contribution in [0.5, 0.6) is 0 Å². The molecule has 0 saturated carbocycles. The molecule has 15 heavy (non-hydrogen) atoms. The van der Waals surface area contributed by atoms with Crippen LogP contribution < -0.4 is 0 Å². The first kappa shape index (κ1) is 9.45. The molecule has 2 rings (SSSR count). The third-order valence-corrected chi connectivity index (χ3v) is 1.95. The van der Waals surface area contributed by atoms with Crippen LogP contribution in [0.25, 0.3) is 11.4 Å². The highest BCUT2D eigenvalue weighted by Crippen LogP contribution is 2.12. The van der Waals surface area contributed by atoms with Gasteiger partial charge < -0.3 is 0 Å². The van der Waals surface area contributed by atoms with Gasteiger partial charge in [-0.1, -0.05) is 0 Å². The second kappa shape index (κ2) is 3.96. The van der Waals surface area contributed by atoms with Crippen molar-refractivity contribution in [2.24, 2.45) is 0 Å². The van der Waals surface area contributed by atoms with Crippen molar-refractivity contribution < 1.29 is 4.79 Å². The minimum absolute atomic E-state index is 0.0623. The molecule has 0 radical (unpaired) electrons. The summed E-state index contributed by atoms with van der Waals surface area (Å²) < 4.78 is 0. The number of Topliss-reactive ketones (excluding diaryl/α,β-unsaturated/α-hetero) is 1. The van der Waals surface area contributed by atoms with Crippen LogP contribution in [-0.2, 0) is 0 Å². The zero-order valence-electron chi connectivity index (χ0n) is 8.21. The van der Waals surface area contributed by atoms with Gasteiger partial charge in [0, 0.05) is 31.1 Å². The highest BCUT2D eigenvalue weighted by Gasteiger charge is 2.04. The molecule has 4 nitrogen and oxygen atoms in total. The second-order valence-corrected chi connectivity index (χ2v) is 3.06. The average molecular weight is 199 g/mol. The number of hydrogen-bond acceptors (Lipinski definition) is 4. The van der Waals surface area contributed by atoms with E-state index in [9.17, 15) is 4.79 Å². The Hall–Kier alpha value is -2.10. The molecule has 74 valence electrons. The number of aromatic nitrogens is 3. The van der Waals surface area contributed by atoms with Gasteiger partial charge in [-0.05, 0) is 18.2 Å². The van der Waals surface area contributed by atoms with E-state index in [-0.39, 0.29) is 5.78 Å². The van der Waals surface area contributed by atoms with Crippen molar-refractivity contribution in [3.05, 3.63) is 42.5 Å². The number of nitrogens with zero attached hydrogens (tertiary/aromatic N) is 3. The molecule has 0 spiro atoms. The summed E-state index contributed by atoms with van der Waals surface area (Å²) in [5.74, 6) is 0.484. The van der Waals surface area contributed by atoms with Gasteiger partial charge in [0.05, 0.1) is 0 Å². The molecular weight excluding hydrogens is 190 g/mol. The van der Waals surface area contributed by atoms with Gasteiger partial charge in [0.1, 0.15) is 5.69 Å². The predicted molar refractivity (Wildman–Crippen MR) is 55.3 cm³/mol. The molecule has 2 aromatic heterocycles. The van der Waals surface area contributed by atoms with Crippen molar-refractivity contribution in [2.75, 3.05) is 0 Å². The molecule has 0 N–H and O–H groups in total. The fraction of sp³-hybridized carbons (Fsp3) is 0.0909. The Morgan fingerprint density at radius 2 is 1.87 bits per heavy atom. The summed E-state index contributed by atoms with van der Waals surface area (Å²) in [5, 5.41) is 0. The predicted octanol–water partition coefficient (Wildman–Crippen LogP) is 1.74. The Bertz CT molecular complexity index is 482. The summed E-state index contributed by atoms with van der Waals surface area (Å²) in [4.78, 5) is 23.3. The maximum atomic E-state index is 11.1. The molecule has 0 amide bonds. The zero-order chi connectivity index (χ0) is 10.7. The Morgan fingerprint density at radius 3 is 2.53 bits per heavy atom. The van der Waals surface area contributed by atoms with Crippen molar-refractivity contribution in [1.82, 2.24) is 15.0 Å². The molecule has 0 atom stereocenters. The maximum absolute atomic E-state index is 11.1. The normalized spacial score (nSPS) is 9.93. The van der Waals surface area contributed by atoms with Gasteiger partial charge in [-0.2, -0.15) is 0 Å². The van der Waals surface area contributed by atoms with Gasteiger partial charge in [0.25, 0.3) is 0 Å². The van der Waals surface area contributed by atoms with E-state index in [2.05, 4.69) is 15.0 Å². The molecule has 0 saturated heterocycles. The van der Waals surface area contributed by atoms with Gasteiger partial charge in [0.15, 0.2) is 11.6 Å². The SMILES string of the molecule is CC(=O)c1ccnc(-c2ccncc2)n1. The van der Waals surface area contributed by atoms with Crippen molar-refractivity contribution in [3.63, 3.8) is 0 Å². The number of ketones is 1. The van der Waals surface area contributed by atoms with Crippen LogP contribution in [0.2, 0.25) is 0 Å². The van der Waals surface area contributed by atoms with E-state index in [4.69, 9.17) is 0 Å². The summed E-state index contributed by atoms with van der Waals surface area (Å²) in [6, 6.07) is 5.21. The molecule has 4 heteroatoms. The zero-order valence-corrected chi connectivity index (χ0v) is 8.21. The van der Waals surface area contributed by atoms with Gasteiger partial charge in [-0.25, -0.2) is 9.97 Å². The maximum Gasteiger partial charge on any atom is 0.178 e. The van der Waals surface area contributed by atoms with E-state index in [1.807, 2.05) is 0 Å². The molecule has 0 aliphatic heterocycles. The molecule has 0 aromatic carbocycles. The van der Waals surface area contributed by atoms with Crippen LogP contribution in [0, 0.1) is 0 Å². The Morgan fingerprint density at radius 1 is 1.13 bits per heavy atom. The second-order valence-electron chi connectivity index (χ2n) is 3.06. The molecule has 0 bridgehead atoms. The highest BCUT2D eigenvalue weighted by atomic mass is 16.1. The topological polar surface area (TPSA) is 55.7 Å². The van der Waals surface area contributed by atoms with E-state index in [1.165, 1.54) is 6.92 Å². The first-order chi connectivity index (χ1) is 7.27. The van der Waals surface area contributed by atoms with Crippen LogP contribution >= 0.6 is 0 Å². The first-order valence-corrected chi connectivity index (χ1v) is 4.52. The van der Waals surface area contributed by atoms with Crippen LogP contribution in [0.1, 0.15) is 17.4 Å². The summed E-state index contributed by atoms with van der Waals surface area (Å²) in [5.41, 5.74) is 1.28. The van der Waals surface area contributed by atoms with Crippen LogP contribution in [0.15, 0.2) is 36.8 Å². The first-order valence-electron chi connectivity index (χ1n) is 4.52. The summed E-state index contributed by atoms with van der Waals surface area (Å²) in [6.07, 6.45) is 4.91. The van der Waals surface area contributed by atoms with E-state index < -0.39 is 0 Å². The Kier molecular flexibility index (Phi) is 2.49. The van der Waals surface area contributed by atoms with Gasteiger partial charge in [0.2, 0.25) is 0 Å². The molecule has 2 heterocycles. The van der Waals surface area contributed by atoms with Crippen LogP contribution in [0.3, 0.4) is 0 Å². The molecule has 2 aromatic rings. The van der Waals surface area contributed by atoms with Gasteiger partial charge >= 0.3 is 0 Å². The number of carbonyl (C=O) groups is 1. The summed E-state index contributed by atoms with van der Waals surface area (Å²) >= 11 is 0. The van der Waals surface area contributed by atoms with Crippen molar-refractivity contribution in [3.8, 4) is 11.4 Å². The van der Waals surface area contributed by atoms with Crippen LogP contribution in [0.4, 0.5) is 0 Å². The smallest absolute Gasteiger partial charge is 0.178 e. The lowest BCUT2D eigenvalue weighted by atomic mass is 10.2. The summed E-state index contributed by atoms with van der Waals surface area (Å²) in [7, 11) is 0. The van der Waals surface area contributed by atoms with Gasteiger partial charge in [-0.15, -0.1) is 0 Å². The van der Waals surface area contributed by atoms with E-state index in [1.54, 1.807) is 36.8 Å². The van der Waals surface area contributed by atoms with Crippen molar-refractivity contribution in [1.29, 1.82) is 0 Å². The molecule has 0 fully saturated rings. The summed E-state index contributed by atoms with van der Waals surface area (Å²) in [6.45, 7) is 1.48. The van der Waals surface area contributed by atoms with E-state index in [0.29, 0.717) is 11.5 Å². The van der Waals surface area contributed by atoms with Crippen LogP contribution in [-0.4, -0.2) is 20.7 Å². The molecule has 0 aliphatic rings. The fourth-order valence-corrected chi connectivity index (χ4v) is 1.19. The highest BCUT2D eigenvalue weighted by molar-refractivity contribution is 5.92. The van der Waals surface area contributed by atoms with E-state index in [0.717, 1.165) is 5.56 Å². The lowest BCUT2D eigenvalue weighted by Gasteiger charge is -2.00. The molecule has 0 aliphatic carbocycles. The fourth-order valence-electron chi connectivity index (χ4n) is 1.19. The molecule has 0 unspecified atom stereocenters.